The van der Waals surface area contributed by atoms with Crippen molar-refractivity contribution in [1.82, 2.24) is 9.38 Å². The van der Waals surface area contributed by atoms with Crippen molar-refractivity contribution in [3.8, 4) is 11.1 Å². The van der Waals surface area contributed by atoms with E-state index in [2.05, 4.69) is 4.98 Å². The first-order chi connectivity index (χ1) is 9.74. The van der Waals surface area contributed by atoms with E-state index in [0.29, 0.717) is 17.0 Å². The van der Waals surface area contributed by atoms with Gasteiger partial charge in [0.2, 0.25) is 0 Å². The second kappa shape index (κ2) is 4.79. The van der Waals surface area contributed by atoms with Crippen molar-refractivity contribution in [3.63, 3.8) is 0 Å². The number of carbonyl (C=O) groups is 1. The molecule has 0 fully saturated rings. The fourth-order valence-electron chi connectivity index (χ4n) is 2.27. The number of anilines is 1. The second-order valence-corrected chi connectivity index (χ2v) is 4.50. The van der Waals surface area contributed by atoms with Crippen molar-refractivity contribution >= 4 is 17.6 Å². The number of hydrogen-bond acceptors (Lipinski definition) is 4. The number of nitrogen functional groups attached to an aromatic ring is 1. The fourth-order valence-corrected chi connectivity index (χ4v) is 2.27. The van der Waals surface area contributed by atoms with Crippen molar-refractivity contribution in [2.75, 3.05) is 5.73 Å². The van der Waals surface area contributed by atoms with E-state index in [0.717, 1.165) is 23.0 Å². The summed E-state index contributed by atoms with van der Waals surface area (Å²) >= 11 is 0. The number of nitrogens with zero attached hydrogens (tertiary/aromatic N) is 2. The zero-order valence-corrected chi connectivity index (χ0v) is 10.7. The molecule has 0 aliphatic rings. The van der Waals surface area contributed by atoms with Gasteiger partial charge in [0.25, 0.3) is 0 Å². The molecule has 3 aromatic rings. The summed E-state index contributed by atoms with van der Waals surface area (Å²) in [5.41, 5.74) is 10.2. The number of nitrogens with two attached hydrogens (primary N) is 1. The monoisotopic (exact) mass is 267 g/mol. The maximum absolute atomic E-state index is 10.9. The van der Waals surface area contributed by atoms with E-state index in [9.17, 15) is 9.90 Å². The summed E-state index contributed by atoms with van der Waals surface area (Å²) in [6.07, 6.45) is 4.00. The van der Waals surface area contributed by atoms with Crippen LogP contribution in [0.3, 0.4) is 0 Å². The predicted octanol–water partition coefficient (Wildman–Crippen LogP) is 1.89. The van der Waals surface area contributed by atoms with Gasteiger partial charge in [-0.25, -0.2) is 4.98 Å². The lowest BCUT2D eigenvalue weighted by molar-refractivity contribution is 0.111. The number of aldehydes is 1. The number of rotatable bonds is 3. The zero-order chi connectivity index (χ0) is 14.1. The van der Waals surface area contributed by atoms with Crippen LogP contribution in [0.5, 0.6) is 0 Å². The van der Waals surface area contributed by atoms with Crippen molar-refractivity contribution in [2.24, 2.45) is 0 Å². The molecule has 100 valence electrons. The Morgan fingerprint density at radius 1 is 1.35 bits per heavy atom. The molecule has 0 aliphatic heterocycles. The van der Waals surface area contributed by atoms with Gasteiger partial charge in [0.05, 0.1) is 18.5 Å². The number of carbonyl (C=O) groups excluding carboxylic acids is 1. The zero-order valence-electron chi connectivity index (χ0n) is 10.7. The maximum atomic E-state index is 10.9. The maximum Gasteiger partial charge on any atom is 0.168 e. The molecule has 3 N–H and O–H groups in total. The summed E-state index contributed by atoms with van der Waals surface area (Å²) in [4.78, 5) is 15.1. The summed E-state index contributed by atoms with van der Waals surface area (Å²) in [6.45, 7) is -0.0192. The van der Waals surface area contributed by atoms with E-state index in [1.165, 1.54) is 6.20 Å². The molecule has 0 unspecified atom stereocenters. The molecule has 0 amide bonds. The lowest BCUT2D eigenvalue weighted by Gasteiger charge is -2.09. The number of fused-ring (bicyclic) bond motifs is 1. The molecular formula is C15H13N3O2. The SMILES string of the molecule is Nc1c(-c2cccc(CO)c2)ccn2c(C=O)cnc12. The normalized spacial score (nSPS) is 10.8. The van der Waals surface area contributed by atoms with E-state index in [1.54, 1.807) is 10.6 Å². The average Bonchev–Trinajstić information content (AvgIpc) is 2.91. The van der Waals surface area contributed by atoms with Gasteiger partial charge >= 0.3 is 0 Å². The van der Waals surface area contributed by atoms with Crippen molar-refractivity contribution in [2.45, 2.75) is 6.61 Å². The molecule has 2 heterocycles. The largest absolute Gasteiger partial charge is 0.395 e. The third-order valence-corrected chi connectivity index (χ3v) is 3.29. The average molecular weight is 267 g/mol. The summed E-state index contributed by atoms with van der Waals surface area (Å²) in [5, 5.41) is 9.20. The van der Waals surface area contributed by atoms with E-state index in [4.69, 9.17) is 5.73 Å². The van der Waals surface area contributed by atoms with Gasteiger partial charge in [0.1, 0.15) is 5.69 Å². The molecule has 2 aromatic heterocycles. The van der Waals surface area contributed by atoms with Crippen LogP contribution in [0, 0.1) is 0 Å². The molecule has 5 nitrogen and oxygen atoms in total. The van der Waals surface area contributed by atoms with E-state index < -0.39 is 0 Å². The fraction of sp³-hybridized carbons (Fsp3) is 0.0667. The van der Waals surface area contributed by atoms with Gasteiger partial charge in [0.15, 0.2) is 11.9 Å². The van der Waals surface area contributed by atoms with Crippen LogP contribution in [0.2, 0.25) is 0 Å². The van der Waals surface area contributed by atoms with Crippen LogP contribution in [0.25, 0.3) is 16.8 Å². The van der Waals surface area contributed by atoms with Gasteiger partial charge in [-0.1, -0.05) is 18.2 Å². The number of aliphatic hydroxyl groups is 1. The van der Waals surface area contributed by atoms with Crippen LogP contribution < -0.4 is 5.73 Å². The predicted molar refractivity (Wildman–Crippen MR) is 76.4 cm³/mol. The van der Waals surface area contributed by atoms with E-state index >= 15 is 0 Å². The van der Waals surface area contributed by atoms with E-state index in [1.807, 2.05) is 30.3 Å². The molecule has 5 heteroatoms. The first-order valence-electron chi connectivity index (χ1n) is 6.15. The highest BCUT2D eigenvalue weighted by Crippen LogP contribution is 2.29. The minimum Gasteiger partial charge on any atom is -0.395 e. The summed E-state index contributed by atoms with van der Waals surface area (Å²) in [6, 6.07) is 9.36. The molecule has 0 spiro atoms. The van der Waals surface area contributed by atoms with Crippen LogP contribution in [0.4, 0.5) is 5.69 Å². The molecule has 0 atom stereocenters. The molecule has 1 aromatic carbocycles. The minimum absolute atomic E-state index is 0.0192. The van der Waals surface area contributed by atoms with Crippen LogP contribution >= 0.6 is 0 Å². The first kappa shape index (κ1) is 12.4. The number of hydrogen-bond donors (Lipinski definition) is 2. The number of imidazole rings is 1. The highest BCUT2D eigenvalue weighted by atomic mass is 16.3. The minimum atomic E-state index is -0.0192. The Labute approximate surface area is 115 Å². The van der Waals surface area contributed by atoms with Crippen molar-refractivity contribution in [3.05, 3.63) is 54.0 Å². The second-order valence-electron chi connectivity index (χ2n) is 4.50. The number of pyridine rings is 1. The summed E-state index contributed by atoms with van der Waals surface area (Å²) in [5.74, 6) is 0. The standard InChI is InChI=1S/C15H13N3O2/c16-14-13(11-3-1-2-10(6-11)8-19)4-5-18-12(9-20)7-17-15(14)18/h1-7,9,19H,8,16H2. The van der Waals surface area contributed by atoms with Gasteiger partial charge in [-0.05, 0) is 23.3 Å². The lowest BCUT2D eigenvalue weighted by atomic mass is 10.0. The molecule has 0 bridgehead atoms. The Hall–Kier alpha value is -2.66. The Balaban J connectivity index is 2.21. The topological polar surface area (TPSA) is 80.6 Å². The van der Waals surface area contributed by atoms with Gasteiger partial charge in [-0.2, -0.15) is 0 Å². The Morgan fingerprint density at radius 3 is 2.95 bits per heavy atom. The summed E-state index contributed by atoms with van der Waals surface area (Å²) < 4.78 is 1.65. The number of benzene rings is 1. The first-order valence-corrected chi connectivity index (χ1v) is 6.15. The van der Waals surface area contributed by atoms with Crippen LogP contribution in [-0.4, -0.2) is 20.8 Å². The van der Waals surface area contributed by atoms with Gasteiger partial charge < -0.3 is 10.8 Å². The number of aliphatic hydroxyl groups excluding tert-OH is 1. The summed E-state index contributed by atoms with van der Waals surface area (Å²) in [7, 11) is 0. The van der Waals surface area contributed by atoms with Gasteiger partial charge in [-0.3, -0.25) is 9.20 Å². The van der Waals surface area contributed by atoms with Crippen molar-refractivity contribution < 1.29 is 9.90 Å². The highest BCUT2D eigenvalue weighted by molar-refractivity contribution is 5.87. The molecule has 0 radical (unpaired) electrons. The van der Waals surface area contributed by atoms with Crippen LogP contribution in [0.1, 0.15) is 16.1 Å². The number of aromatic nitrogens is 2. The molecule has 20 heavy (non-hydrogen) atoms. The quantitative estimate of drug-likeness (QED) is 0.710. The Bertz CT molecular complexity index is 793. The molecule has 3 rings (SSSR count). The van der Waals surface area contributed by atoms with Gasteiger partial charge in [0, 0.05) is 11.8 Å². The van der Waals surface area contributed by atoms with E-state index in [-0.39, 0.29) is 6.61 Å². The van der Waals surface area contributed by atoms with Gasteiger partial charge in [-0.15, -0.1) is 0 Å². The Kier molecular flexibility index (Phi) is 2.96. The van der Waals surface area contributed by atoms with Crippen LogP contribution in [0.15, 0.2) is 42.7 Å². The molecule has 0 saturated carbocycles. The Morgan fingerprint density at radius 2 is 2.20 bits per heavy atom. The third-order valence-electron chi connectivity index (χ3n) is 3.29. The smallest absolute Gasteiger partial charge is 0.168 e. The van der Waals surface area contributed by atoms with Crippen molar-refractivity contribution in [1.29, 1.82) is 0 Å². The third kappa shape index (κ3) is 1.85. The van der Waals surface area contributed by atoms with Crippen LogP contribution in [-0.2, 0) is 6.61 Å². The molecule has 0 aliphatic carbocycles. The highest BCUT2D eigenvalue weighted by Gasteiger charge is 2.11. The molecular weight excluding hydrogens is 254 g/mol. The molecule has 0 saturated heterocycles. The lowest BCUT2D eigenvalue weighted by Crippen LogP contribution is -1.98.